The van der Waals surface area contributed by atoms with Crippen molar-refractivity contribution in [1.82, 2.24) is 10.3 Å². The van der Waals surface area contributed by atoms with Crippen molar-refractivity contribution in [2.24, 2.45) is 0 Å². The zero-order valence-electron chi connectivity index (χ0n) is 13.4. The lowest BCUT2D eigenvalue weighted by Gasteiger charge is -2.20. The van der Waals surface area contributed by atoms with E-state index in [9.17, 15) is 13.6 Å². The fourth-order valence-corrected chi connectivity index (χ4v) is 2.90. The summed E-state index contributed by atoms with van der Waals surface area (Å²) < 4.78 is 26.9. The van der Waals surface area contributed by atoms with Crippen molar-refractivity contribution < 1.29 is 13.6 Å². The Bertz CT molecular complexity index is 888. The molecule has 0 radical (unpaired) electrons. The summed E-state index contributed by atoms with van der Waals surface area (Å²) in [5, 5.41) is 3.94. The number of carbonyl (C=O) groups is 1. The standard InChI is InChI=1S/C19H18F2N2O/c1-11(14-8-7-13(20)9-17(14)21)23-12(2)19(24)16-10-22-18-6-4-3-5-15(16)18/h3-12,22-23H,1-2H3/t11-,12-/m0/s1. The van der Waals surface area contributed by atoms with Gasteiger partial charge in [0.25, 0.3) is 0 Å². The SMILES string of the molecule is C[C@H](N[C@@H](C)c1ccc(F)cc1F)C(=O)c1c[nH]c2ccccc12. The average Bonchev–Trinajstić information content (AvgIpc) is 2.97. The van der Waals surface area contributed by atoms with Gasteiger partial charge in [-0.1, -0.05) is 24.3 Å². The van der Waals surface area contributed by atoms with Crippen molar-refractivity contribution in [3.63, 3.8) is 0 Å². The highest BCUT2D eigenvalue weighted by Crippen LogP contribution is 2.22. The molecular weight excluding hydrogens is 310 g/mol. The van der Waals surface area contributed by atoms with Gasteiger partial charge in [0, 0.05) is 40.3 Å². The number of fused-ring (bicyclic) bond motifs is 1. The predicted octanol–water partition coefficient (Wildman–Crippen LogP) is 4.37. The molecule has 0 unspecified atom stereocenters. The molecule has 0 aliphatic rings. The minimum Gasteiger partial charge on any atom is -0.360 e. The van der Waals surface area contributed by atoms with Gasteiger partial charge >= 0.3 is 0 Å². The number of benzene rings is 2. The molecule has 0 fully saturated rings. The number of para-hydroxylation sites is 1. The number of halogens is 2. The van der Waals surface area contributed by atoms with Gasteiger partial charge in [0.15, 0.2) is 5.78 Å². The summed E-state index contributed by atoms with van der Waals surface area (Å²) in [7, 11) is 0. The summed E-state index contributed by atoms with van der Waals surface area (Å²) in [4.78, 5) is 15.8. The molecule has 0 amide bonds. The van der Waals surface area contributed by atoms with Crippen LogP contribution < -0.4 is 5.32 Å². The van der Waals surface area contributed by atoms with E-state index in [2.05, 4.69) is 10.3 Å². The maximum absolute atomic E-state index is 13.9. The number of hydrogen-bond donors (Lipinski definition) is 2. The first-order chi connectivity index (χ1) is 11.5. The van der Waals surface area contributed by atoms with E-state index in [0.29, 0.717) is 11.1 Å². The van der Waals surface area contributed by atoms with Crippen molar-refractivity contribution in [1.29, 1.82) is 0 Å². The van der Waals surface area contributed by atoms with Crippen LogP contribution in [0, 0.1) is 11.6 Å². The molecule has 2 aromatic carbocycles. The molecule has 0 saturated heterocycles. The molecule has 2 atom stereocenters. The highest BCUT2D eigenvalue weighted by Gasteiger charge is 2.21. The molecule has 1 heterocycles. The van der Waals surface area contributed by atoms with Gasteiger partial charge < -0.3 is 10.3 Å². The van der Waals surface area contributed by atoms with E-state index in [1.807, 2.05) is 24.3 Å². The quantitative estimate of drug-likeness (QED) is 0.683. The fourth-order valence-electron chi connectivity index (χ4n) is 2.90. The average molecular weight is 328 g/mol. The van der Waals surface area contributed by atoms with E-state index in [1.165, 1.54) is 12.1 Å². The van der Waals surface area contributed by atoms with E-state index in [-0.39, 0.29) is 5.78 Å². The van der Waals surface area contributed by atoms with E-state index in [4.69, 9.17) is 0 Å². The van der Waals surface area contributed by atoms with Crippen LogP contribution in [0.5, 0.6) is 0 Å². The van der Waals surface area contributed by atoms with Gasteiger partial charge in [-0.2, -0.15) is 0 Å². The van der Waals surface area contributed by atoms with Crippen molar-refractivity contribution in [3.8, 4) is 0 Å². The zero-order valence-corrected chi connectivity index (χ0v) is 13.4. The molecule has 3 nitrogen and oxygen atoms in total. The van der Waals surface area contributed by atoms with Crippen LogP contribution in [0.15, 0.2) is 48.7 Å². The Morgan fingerprint density at radius 3 is 2.62 bits per heavy atom. The molecule has 124 valence electrons. The number of H-pyrrole nitrogens is 1. The number of aromatic amines is 1. The summed E-state index contributed by atoms with van der Waals surface area (Å²) in [6, 6.07) is 10.1. The lowest BCUT2D eigenvalue weighted by atomic mass is 10.0. The molecule has 5 heteroatoms. The van der Waals surface area contributed by atoms with Crippen LogP contribution in [0.1, 0.15) is 35.8 Å². The number of nitrogens with one attached hydrogen (secondary N) is 2. The maximum Gasteiger partial charge on any atom is 0.181 e. The Labute approximate surface area is 138 Å². The molecule has 0 aliphatic carbocycles. The van der Waals surface area contributed by atoms with E-state index >= 15 is 0 Å². The molecule has 3 aromatic rings. The summed E-state index contributed by atoms with van der Waals surface area (Å²) in [6.45, 7) is 3.48. The third kappa shape index (κ3) is 3.08. The minimum absolute atomic E-state index is 0.0816. The van der Waals surface area contributed by atoms with Crippen LogP contribution in [-0.2, 0) is 0 Å². The van der Waals surface area contributed by atoms with Gasteiger partial charge in [-0.05, 0) is 26.0 Å². The van der Waals surface area contributed by atoms with Crippen LogP contribution in [0.25, 0.3) is 10.9 Å². The van der Waals surface area contributed by atoms with Crippen LogP contribution >= 0.6 is 0 Å². The van der Waals surface area contributed by atoms with Crippen LogP contribution in [0.4, 0.5) is 8.78 Å². The van der Waals surface area contributed by atoms with Gasteiger partial charge in [-0.15, -0.1) is 0 Å². The van der Waals surface area contributed by atoms with Gasteiger partial charge in [0.1, 0.15) is 11.6 Å². The number of aromatic nitrogens is 1. The molecular formula is C19H18F2N2O. The highest BCUT2D eigenvalue weighted by molar-refractivity contribution is 6.10. The van der Waals surface area contributed by atoms with Gasteiger partial charge in [0.05, 0.1) is 6.04 Å². The molecule has 0 aliphatic heterocycles. The van der Waals surface area contributed by atoms with Crippen LogP contribution in [-0.4, -0.2) is 16.8 Å². The second kappa shape index (κ2) is 6.53. The summed E-state index contributed by atoms with van der Waals surface area (Å²) in [6.07, 6.45) is 1.69. The summed E-state index contributed by atoms with van der Waals surface area (Å²) in [5.74, 6) is -1.32. The van der Waals surface area contributed by atoms with Crippen molar-refractivity contribution in [2.75, 3.05) is 0 Å². The smallest absolute Gasteiger partial charge is 0.181 e. The Hall–Kier alpha value is -2.53. The molecule has 1 aromatic heterocycles. The van der Waals surface area contributed by atoms with E-state index in [1.54, 1.807) is 20.0 Å². The number of carbonyl (C=O) groups excluding carboxylic acids is 1. The second-order valence-electron chi connectivity index (χ2n) is 5.89. The Morgan fingerprint density at radius 2 is 1.88 bits per heavy atom. The number of ketones is 1. The normalized spacial score (nSPS) is 13.8. The number of rotatable bonds is 5. The number of hydrogen-bond acceptors (Lipinski definition) is 2. The van der Waals surface area contributed by atoms with Gasteiger partial charge in [-0.25, -0.2) is 8.78 Å². The third-order valence-corrected chi connectivity index (χ3v) is 4.18. The predicted molar refractivity (Wildman–Crippen MR) is 90.0 cm³/mol. The lowest BCUT2D eigenvalue weighted by molar-refractivity contribution is 0.0947. The maximum atomic E-state index is 13.9. The Balaban J connectivity index is 1.79. The minimum atomic E-state index is -0.623. The first-order valence-corrected chi connectivity index (χ1v) is 7.78. The molecule has 2 N–H and O–H groups in total. The molecule has 0 saturated carbocycles. The van der Waals surface area contributed by atoms with Crippen LogP contribution in [0.3, 0.4) is 0 Å². The van der Waals surface area contributed by atoms with E-state index < -0.39 is 23.7 Å². The first-order valence-electron chi connectivity index (χ1n) is 7.78. The second-order valence-corrected chi connectivity index (χ2v) is 5.89. The Morgan fingerprint density at radius 1 is 1.12 bits per heavy atom. The van der Waals surface area contributed by atoms with Crippen molar-refractivity contribution in [2.45, 2.75) is 25.9 Å². The zero-order chi connectivity index (χ0) is 17.3. The Kier molecular flexibility index (Phi) is 4.44. The third-order valence-electron chi connectivity index (χ3n) is 4.18. The van der Waals surface area contributed by atoms with Crippen molar-refractivity contribution in [3.05, 3.63) is 71.4 Å². The summed E-state index contributed by atoms with van der Waals surface area (Å²) in [5.41, 5.74) is 1.82. The van der Waals surface area contributed by atoms with Crippen LogP contribution in [0.2, 0.25) is 0 Å². The lowest BCUT2D eigenvalue weighted by Crippen LogP contribution is -2.36. The highest BCUT2D eigenvalue weighted by atomic mass is 19.1. The fraction of sp³-hybridized carbons (Fsp3) is 0.211. The molecule has 24 heavy (non-hydrogen) atoms. The molecule has 0 bridgehead atoms. The summed E-state index contributed by atoms with van der Waals surface area (Å²) >= 11 is 0. The van der Waals surface area contributed by atoms with E-state index in [0.717, 1.165) is 17.0 Å². The van der Waals surface area contributed by atoms with Crippen molar-refractivity contribution >= 4 is 16.7 Å². The largest absolute Gasteiger partial charge is 0.360 e. The monoisotopic (exact) mass is 328 g/mol. The number of Topliss-reactive ketones (excluding diaryl/α,β-unsaturated/α-hetero) is 1. The first kappa shape index (κ1) is 16.3. The van der Waals surface area contributed by atoms with Gasteiger partial charge in [0.2, 0.25) is 0 Å². The van der Waals surface area contributed by atoms with Gasteiger partial charge in [-0.3, -0.25) is 4.79 Å². The molecule has 0 spiro atoms. The topological polar surface area (TPSA) is 44.9 Å². The molecule has 3 rings (SSSR count).